The third kappa shape index (κ3) is 3.83. The number of benzene rings is 8. The van der Waals surface area contributed by atoms with Crippen LogP contribution in [0.1, 0.15) is 25.0 Å². The summed E-state index contributed by atoms with van der Waals surface area (Å²) in [6.07, 6.45) is 0. The molecular weight excluding hydrogens is 597 g/mol. The van der Waals surface area contributed by atoms with Gasteiger partial charge in [-0.3, -0.25) is 0 Å². The molecule has 1 aliphatic rings. The second-order valence-corrected chi connectivity index (χ2v) is 14.7. The number of hydrogen-bond donors (Lipinski definition) is 0. The summed E-state index contributed by atoms with van der Waals surface area (Å²) < 4.78 is 2.76. The fourth-order valence-electron chi connectivity index (χ4n) is 8.55. The summed E-state index contributed by atoms with van der Waals surface area (Å²) in [5.41, 5.74) is 13.2. The SMILES string of the molecule is CC1(C)c2ccccc2-c2ccc3c(sc4cccc(-c5c6ccccc6c(-c6cccc(-c7ccccc7)c6)c6ccccc56)c43)c21. The van der Waals surface area contributed by atoms with Gasteiger partial charge in [0.1, 0.15) is 0 Å². The van der Waals surface area contributed by atoms with Crippen LogP contribution < -0.4 is 0 Å². The Morgan fingerprint density at radius 2 is 1.00 bits per heavy atom. The fraction of sp³-hybridized carbons (Fsp3) is 0.0638. The van der Waals surface area contributed by atoms with Crippen LogP contribution in [0.15, 0.2) is 158 Å². The summed E-state index contributed by atoms with van der Waals surface area (Å²) in [5, 5.41) is 7.86. The molecule has 8 aromatic carbocycles. The van der Waals surface area contributed by atoms with Crippen LogP contribution in [0.4, 0.5) is 0 Å². The maximum absolute atomic E-state index is 2.40. The average Bonchev–Trinajstić information content (AvgIpc) is 3.63. The Bertz CT molecular complexity index is 2690. The molecule has 0 saturated heterocycles. The summed E-state index contributed by atoms with van der Waals surface area (Å²) in [5.74, 6) is 0. The van der Waals surface area contributed by atoms with Gasteiger partial charge in [0.05, 0.1) is 0 Å². The first-order valence-electron chi connectivity index (χ1n) is 16.8. The Hall–Kier alpha value is -5.50. The van der Waals surface area contributed by atoms with Crippen LogP contribution in [-0.4, -0.2) is 0 Å². The molecule has 0 radical (unpaired) electrons. The molecule has 1 heteroatoms. The molecule has 0 bridgehead atoms. The summed E-state index contributed by atoms with van der Waals surface area (Å²) in [4.78, 5) is 0. The van der Waals surface area contributed by atoms with Gasteiger partial charge < -0.3 is 0 Å². The van der Waals surface area contributed by atoms with E-state index in [0.29, 0.717) is 0 Å². The molecule has 1 heterocycles. The van der Waals surface area contributed by atoms with Crippen LogP contribution in [-0.2, 0) is 5.41 Å². The molecule has 0 amide bonds. The highest BCUT2D eigenvalue weighted by atomic mass is 32.1. The standard InChI is InChI=1S/C47H32S/c1-47(2)40-24-11-10-18-32(40)37-26-27-39-44-38(23-13-25-41(44)48-46(39)45(37)47)43-35-21-8-6-19-33(35)42(34-20-7-9-22-36(34)43)31-17-12-16-30(28-31)29-14-4-3-5-15-29/h3-28H,1-2H3. The zero-order chi connectivity index (χ0) is 32.0. The lowest BCUT2D eigenvalue weighted by Gasteiger charge is -2.22. The quantitative estimate of drug-likeness (QED) is 0.171. The molecule has 0 saturated carbocycles. The van der Waals surface area contributed by atoms with Crippen molar-refractivity contribution in [3.05, 3.63) is 169 Å². The van der Waals surface area contributed by atoms with Crippen LogP contribution in [0, 0.1) is 0 Å². The van der Waals surface area contributed by atoms with Gasteiger partial charge in [0.15, 0.2) is 0 Å². The van der Waals surface area contributed by atoms with Crippen LogP contribution in [0.25, 0.3) is 86.2 Å². The third-order valence-electron chi connectivity index (χ3n) is 10.6. The minimum atomic E-state index is -0.0538. The molecule has 226 valence electrons. The Labute approximate surface area is 284 Å². The topological polar surface area (TPSA) is 0 Å². The normalized spacial score (nSPS) is 13.4. The Kier molecular flexibility index (Phi) is 5.89. The molecule has 0 aliphatic heterocycles. The molecule has 1 aliphatic carbocycles. The maximum atomic E-state index is 2.40. The van der Waals surface area contributed by atoms with Gasteiger partial charge in [0, 0.05) is 25.6 Å². The summed E-state index contributed by atoms with van der Waals surface area (Å²) in [6, 6.07) is 58.5. The van der Waals surface area contributed by atoms with Crippen molar-refractivity contribution < 1.29 is 0 Å². The van der Waals surface area contributed by atoms with Gasteiger partial charge in [-0.1, -0.05) is 159 Å². The zero-order valence-electron chi connectivity index (χ0n) is 26.9. The van der Waals surface area contributed by atoms with Gasteiger partial charge in [-0.25, -0.2) is 0 Å². The van der Waals surface area contributed by atoms with E-state index in [2.05, 4.69) is 172 Å². The van der Waals surface area contributed by atoms with E-state index in [0.717, 1.165) is 0 Å². The van der Waals surface area contributed by atoms with Gasteiger partial charge in [0.2, 0.25) is 0 Å². The average molecular weight is 629 g/mol. The molecule has 0 N–H and O–H groups in total. The molecule has 0 nitrogen and oxygen atoms in total. The van der Waals surface area contributed by atoms with Gasteiger partial charge in [-0.2, -0.15) is 0 Å². The molecule has 0 fully saturated rings. The molecule has 9 aromatic rings. The Balaban J connectivity index is 1.28. The predicted molar refractivity (Wildman–Crippen MR) is 208 cm³/mol. The zero-order valence-corrected chi connectivity index (χ0v) is 27.7. The van der Waals surface area contributed by atoms with E-state index in [1.54, 1.807) is 0 Å². The van der Waals surface area contributed by atoms with E-state index >= 15 is 0 Å². The minimum absolute atomic E-state index is 0.0538. The highest BCUT2D eigenvalue weighted by Gasteiger charge is 2.37. The Morgan fingerprint density at radius 3 is 1.75 bits per heavy atom. The van der Waals surface area contributed by atoms with E-state index in [4.69, 9.17) is 0 Å². The molecule has 0 atom stereocenters. The van der Waals surface area contributed by atoms with Crippen molar-refractivity contribution in [2.75, 3.05) is 0 Å². The van der Waals surface area contributed by atoms with E-state index in [-0.39, 0.29) is 5.41 Å². The lowest BCUT2D eigenvalue weighted by atomic mass is 9.81. The van der Waals surface area contributed by atoms with Crippen LogP contribution in [0.5, 0.6) is 0 Å². The van der Waals surface area contributed by atoms with Gasteiger partial charge in [0.25, 0.3) is 0 Å². The van der Waals surface area contributed by atoms with Crippen LogP contribution in [0.3, 0.4) is 0 Å². The predicted octanol–water partition coefficient (Wildman–Crippen LogP) is 13.7. The number of hydrogen-bond acceptors (Lipinski definition) is 1. The highest BCUT2D eigenvalue weighted by molar-refractivity contribution is 7.26. The molecule has 0 spiro atoms. The lowest BCUT2D eigenvalue weighted by molar-refractivity contribution is 0.667. The number of rotatable bonds is 3. The van der Waals surface area contributed by atoms with Crippen molar-refractivity contribution in [1.29, 1.82) is 0 Å². The van der Waals surface area contributed by atoms with Gasteiger partial charge >= 0.3 is 0 Å². The summed E-state index contributed by atoms with van der Waals surface area (Å²) >= 11 is 1.96. The van der Waals surface area contributed by atoms with E-state index < -0.39 is 0 Å². The fourth-order valence-corrected chi connectivity index (χ4v) is 9.99. The van der Waals surface area contributed by atoms with Gasteiger partial charge in [-0.15, -0.1) is 11.3 Å². The van der Waals surface area contributed by atoms with E-state index in [1.807, 2.05) is 11.3 Å². The Morgan fingerprint density at radius 1 is 0.417 bits per heavy atom. The molecular formula is C47H32S. The first-order valence-corrected chi connectivity index (χ1v) is 17.6. The van der Waals surface area contributed by atoms with E-state index in [1.165, 1.54) is 97.4 Å². The molecule has 10 rings (SSSR count). The molecule has 1 aromatic heterocycles. The third-order valence-corrected chi connectivity index (χ3v) is 11.8. The first kappa shape index (κ1) is 27.6. The van der Waals surface area contributed by atoms with Crippen molar-refractivity contribution in [3.8, 4) is 44.5 Å². The molecule has 0 unspecified atom stereocenters. The largest absolute Gasteiger partial charge is 0.135 e. The van der Waals surface area contributed by atoms with Crippen LogP contribution in [0.2, 0.25) is 0 Å². The van der Waals surface area contributed by atoms with E-state index in [9.17, 15) is 0 Å². The number of fused-ring (bicyclic) bond motifs is 9. The smallest absolute Gasteiger partial charge is 0.0402 e. The number of thiophene rings is 1. The molecule has 48 heavy (non-hydrogen) atoms. The minimum Gasteiger partial charge on any atom is -0.135 e. The second kappa shape index (κ2) is 10.2. The van der Waals surface area contributed by atoms with Crippen molar-refractivity contribution in [2.45, 2.75) is 19.3 Å². The lowest BCUT2D eigenvalue weighted by Crippen LogP contribution is -2.14. The monoisotopic (exact) mass is 628 g/mol. The first-order chi connectivity index (χ1) is 23.6. The maximum Gasteiger partial charge on any atom is 0.0402 e. The van der Waals surface area contributed by atoms with Crippen molar-refractivity contribution in [3.63, 3.8) is 0 Å². The highest BCUT2D eigenvalue weighted by Crippen LogP contribution is 2.55. The summed E-state index contributed by atoms with van der Waals surface area (Å²) in [6.45, 7) is 4.80. The van der Waals surface area contributed by atoms with Crippen molar-refractivity contribution in [1.82, 2.24) is 0 Å². The van der Waals surface area contributed by atoms with Crippen molar-refractivity contribution in [2.24, 2.45) is 0 Å². The van der Waals surface area contributed by atoms with Crippen molar-refractivity contribution >= 4 is 53.1 Å². The van der Waals surface area contributed by atoms with Crippen LogP contribution >= 0.6 is 11.3 Å². The van der Waals surface area contributed by atoms with Gasteiger partial charge in [-0.05, 0) is 89.3 Å². The summed E-state index contributed by atoms with van der Waals surface area (Å²) in [7, 11) is 0. The second-order valence-electron chi connectivity index (χ2n) is 13.6.